The minimum Gasteiger partial charge on any atom is -0.435 e. The fourth-order valence-corrected chi connectivity index (χ4v) is 1.89. The van der Waals surface area contributed by atoms with Gasteiger partial charge in [-0.3, -0.25) is 4.98 Å². The second-order valence-electron chi connectivity index (χ2n) is 4.93. The number of hydrogen-bond donors (Lipinski definition) is 1. The van der Waals surface area contributed by atoms with Crippen LogP contribution in [0.15, 0.2) is 30.6 Å². The largest absolute Gasteiger partial charge is 0.435 e. The van der Waals surface area contributed by atoms with Gasteiger partial charge in [-0.25, -0.2) is 9.37 Å². The Morgan fingerprint density at radius 2 is 2.15 bits per heavy atom. The summed E-state index contributed by atoms with van der Waals surface area (Å²) in [4.78, 5) is 8.07. The van der Waals surface area contributed by atoms with E-state index in [1.807, 2.05) is 6.92 Å². The molecule has 0 amide bonds. The zero-order valence-corrected chi connectivity index (χ0v) is 11.3. The van der Waals surface area contributed by atoms with Crippen LogP contribution in [0.2, 0.25) is 0 Å². The lowest BCUT2D eigenvalue weighted by Crippen LogP contribution is -2.16. The number of aromatic nitrogens is 2. The van der Waals surface area contributed by atoms with Gasteiger partial charge in [0, 0.05) is 30.5 Å². The van der Waals surface area contributed by atoms with Crippen molar-refractivity contribution in [2.75, 3.05) is 0 Å². The maximum atomic E-state index is 14.3. The summed E-state index contributed by atoms with van der Waals surface area (Å²) in [6, 6.07) is 5.71. The highest BCUT2D eigenvalue weighted by Gasteiger charge is 2.21. The molecule has 104 valence electrons. The number of hydrogen-bond acceptors (Lipinski definition) is 4. The summed E-state index contributed by atoms with van der Waals surface area (Å²) in [5.41, 5.74) is 1.28. The van der Waals surface area contributed by atoms with Crippen molar-refractivity contribution in [3.05, 3.63) is 47.7 Å². The summed E-state index contributed by atoms with van der Waals surface area (Å²) in [6.45, 7) is 2.31. The Bertz CT molecular complexity index is 614. The number of halogens is 1. The smallest absolute Gasteiger partial charge is 0.256 e. The van der Waals surface area contributed by atoms with E-state index < -0.39 is 5.82 Å². The molecule has 1 saturated carbocycles. The summed E-state index contributed by atoms with van der Waals surface area (Å²) in [7, 11) is 0. The fraction of sp³-hybridized carbons (Fsp3) is 0.333. The van der Waals surface area contributed by atoms with Crippen molar-refractivity contribution >= 4 is 0 Å². The normalized spacial score (nSPS) is 14.3. The molecule has 0 spiro atoms. The van der Waals surface area contributed by atoms with Crippen molar-refractivity contribution in [1.29, 1.82) is 0 Å². The van der Waals surface area contributed by atoms with Gasteiger partial charge >= 0.3 is 0 Å². The van der Waals surface area contributed by atoms with Crippen molar-refractivity contribution in [3.63, 3.8) is 0 Å². The first-order valence-corrected chi connectivity index (χ1v) is 6.70. The van der Waals surface area contributed by atoms with E-state index in [1.165, 1.54) is 12.8 Å². The number of rotatable bonds is 5. The predicted molar refractivity (Wildman–Crippen MR) is 73.1 cm³/mol. The first-order chi connectivity index (χ1) is 9.74. The van der Waals surface area contributed by atoms with E-state index in [-0.39, 0.29) is 5.88 Å². The SMILES string of the molecule is Cc1ncccc1Oc1nccc(CNC2CC2)c1F. The highest BCUT2D eigenvalue weighted by atomic mass is 19.1. The lowest BCUT2D eigenvalue weighted by Gasteiger charge is -2.10. The lowest BCUT2D eigenvalue weighted by atomic mass is 10.2. The topological polar surface area (TPSA) is 47.0 Å². The Hall–Kier alpha value is -2.01. The van der Waals surface area contributed by atoms with E-state index in [0.29, 0.717) is 29.6 Å². The standard InChI is InChI=1S/C15H16FN3O/c1-10-13(3-2-7-17-10)20-15-14(16)11(6-8-18-15)9-19-12-4-5-12/h2-3,6-8,12,19H,4-5,9H2,1H3. The number of aryl methyl sites for hydroxylation is 1. The Labute approximate surface area is 117 Å². The molecule has 0 atom stereocenters. The molecule has 0 aliphatic heterocycles. The molecule has 2 aromatic rings. The van der Waals surface area contributed by atoms with Gasteiger partial charge < -0.3 is 10.1 Å². The van der Waals surface area contributed by atoms with Gasteiger partial charge in [0.25, 0.3) is 5.88 Å². The van der Waals surface area contributed by atoms with Crippen LogP contribution in [0.5, 0.6) is 11.6 Å². The molecule has 0 bridgehead atoms. The van der Waals surface area contributed by atoms with Crippen molar-refractivity contribution in [3.8, 4) is 11.6 Å². The highest BCUT2D eigenvalue weighted by Crippen LogP contribution is 2.26. The van der Waals surface area contributed by atoms with Gasteiger partial charge in [-0.2, -0.15) is 0 Å². The molecular weight excluding hydrogens is 257 g/mol. The monoisotopic (exact) mass is 273 g/mol. The molecule has 1 aliphatic rings. The van der Waals surface area contributed by atoms with E-state index in [0.717, 1.165) is 0 Å². The van der Waals surface area contributed by atoms with E-state index in [2.05, 4.69) is 15.3 Å². The number of nitrogens with one attached hydrogen (secondary N) is 1. The summed E-state index contributed by atoms with van der Waals surface area (Å²) in [6.07, 6.45) is 5.58. The average molecular weight is 273 g/mol. The summed E-state index contributed by atoms with van der Waals surface area (Å²) >= 11 is 0. The quantitative estimate of drug-likeness (QED) is 0.909. The molecule has 1 N–H and O–H groups in total. The van der Waals surface area contributed by atoms with Crippen LogP contribution in [-0.2, 0) is 6.54 Å². The van der Waals surface area contributed by atoms with Crippen LogP contribution >= 0.6 is 0 Å². The zero-order chi connectivity index (χ0) is 13.9. The molecular formula is C15H16FN3O. The Morgan fingerprint density at radius 3 is 2.90 bits per heavy atom. The van der Waals surface area contributed by atoms with Crippen molar-refractivity contribution in [2.45, 2.75) is 32.4 Å². The second-order valence-corrected chi connectivity index (χ2v) is 4.93. The highest BCUT2D eigenvalue weighted by molar-refractivity contribution is 5.32. The van der Waals surface area contributed by atoms with Gasteiger partial charge in [-0.15, -0.1) is 0 Å². The van der Waals surface area contributed by atoms with Crippen LogP contribution in [0, 0.1) is 12.7 Å². The molecule has 2 aromatic heterocycles. The molecule has 0 unspecified atom stereocenters. The maximum absolute atomic E-state index is 14.3. The van der Waals surface area contributed by atoms with Crippen LogP contribution in [0.3, 0.4) is 0 Å². The predicted octanol–water partition coefficient (Wildman–Crippen LogP) is 2.97. The first kappa shape index (κ1) is 13.0. The summed E-state index contributed by atoms with van der Waals surface area (Å²) < 4.78 is 19.8. The van der Waals surface area contributed by atoms with Crippen LogP contribution in [0.4, 0.5) is 4.39 Å². The van der Waals surface area contributed by atoms with Crippen molar-refractivity contribution in [2.24, 2.45) is 0 Å². The van der Waals surface area contributed by atoms with E-state index in [9.17, 15) is 4.39 Å². The fourth-order valence-electron chi connectivity index (χ4n) is 1.89. The molecule has 5 heteroatoms. The lowest BCUT2D eigenvalue weighted by molar-refractivity contribution is 0.413. The maximum Gasteiger partial charge on any atom is 0.256 e. The second kappa shape index (κ2) is 5.54. The molecule has 0 saturated heterocycles. The molecule has 1 aliphatic carbocycles. The molecule has 4 nitrogen and oxygen atoms in total. The zero-order valence-electron chi connectivity index (χ0n) is 11.3. The molecule has 0 aromatic carbocycles. The Balaban J connectivity index is 1.78. The minimum absolute atomic E-state index is 0.00352. The van der Waals surface area contributed by atoms with Gasteiger partial charge in [0.2, 0.25) is 0 Å². The summed E-state index contributed by atoms with van der Waals surface area (Å²) in [5, 5.41) is 3.28. The van der Waals surface area contributed by atoms with Crippen LogP contribution in [-0.4, -0.2) is 16.0 Å². The minimum atomic E-state index is -0.413. The van der Waals surface area contributed by atoms with Gasteiger partial charge in [-0.1, -0.05) is 0 Å². The molecule has 20 heavy (non-hydrogen) atoms. The van der Waals surface area contributed by atoms with Gasteiger partial charge in [0.1, 0.15) is 0 Å². The first-order valence-electron chi connectivity index (χ1n) is 6.70. The Kier molecular flexibility index (Phi) is 3.60. The average Bonchev–Trinajstić information content (AvgIpc) is 3.26. The van der Waals surface area contributed by atoms with Crippen LogP contribution < -0.4 is 10.1 Å². The molecule has 0 radical (unpaired) electrons. The third-order valence-electron chi connectivity index (χ3n) is 3.26. The third kappa shape index (κ3) is 2.93. The number of nitrogens with zero attached hydrogens (tertiary/aromatic N) is 2. The van der Waals surface area contributed by atoms with Gasteiger partial charge in [0.05, 0.1) is 5.69 Å². The van der Waals surface area contributed by atoms with Crippen molar-refractivity contribution in [1.82, 2.24) is 15.3 Å². The molecule has 2 heterocycles. The van der Waals surface area contributed by atoms with Crippen LogP contribution in [0.25, 0.3) is 0 Å². The van der Waals surface area contributed by atoms with E-state index in [1.54, 1.807) is 30.6 Å². The van der Waals surface area contributed by atoms with Gasteiger partial charge in [0.15, 0.2) is 11.6 Å². The molecule has 1 fully saturated rings. The molecule has 3 rings (SSSR count). The third-order valence-corrected chi connectivity index (χ3v) is 3.26. The van der Waals surface area contributed by atoms with Gasteiger partial charge in [-0.05, 0) is 38.0 Å². The number of pyridine rings is 2. The van der Waals surface area contributed by atoms with Crippen LogP contribution in [0.1, 0.15) is 24.1 Å². The van der Waals surface area contributed by atoms with Crippen molar-refractivity contribution < 1.29 is 9.13 Å². The number of ether oxygens (including phenoxy) is 1. The van der Waals surface area contributed by atoms with E-state index >= 15 is 0 Å². The summed E-state index contributed by atoms with van der Waals surface area (Å²) in [5.74, 6) is 0.103. The van der Waals surface area contributed by atoms with E-state index in [4.69, 9.17) is 4.74 Å². The Morgan fingerprint density at radius 1 is 1.30 bits per heavy atom.